The van der Waals surface area contributed by atoms with Gasteiger partial charge in [0, 0.05) is 30.6 Å². The molecule has 138 valence electrons. The first-order valence-electron chi connectivity index (χ1n) is 8.60. The summed E-state index contributed by atoms with van der Waals surface area (Å²) >= 11 is 0. The van der Waals surface area contributed by atoms with E-state index in [0.717, 1.165) is 10.9 Å². The molecule has 0 spiro atoms. The largest absolute Gasteiger partial charge is 0.496 e. The van der Waals surface area contributed by atoms with Crippen LogP contribution in [0.15, 0.2) is 60.8 Å². The van der Waals surface area contributed by atoms with Crippen molar-refractivity contribution in [3.8, 4) is 5.75 Å². The van der Waals surface area contributed by atoms with E-state index >= 15 is 0 Å². The predicted molar refractivity (Wildman–Crippen MR) is 105 cm³/mol. The van der Waals surface area contributed by atoms with E-state index in [-0.39, 0.29) is 18.4 Å². The standard InChI is InChI=1S/C21H21N3O3/c1-15(25)24(18-10-5-8-16-9-6-12-22-21(16)18)14-20(26)23-13-17-7-3-4-11-19(17)27-2/h3-12H,13-14H2,1-2H3,(H,23,26). The Morgan fingerprint density at radius 3 is 2.63 bits per heavy atom. The molecule has 0 saturated carbocycles. The molecule has 0 bridgehead atoms. The Morgan fingerprint density at radius 2 is 1.85 bits per heavy atom. The van der Waals surface area contributed by atoms with Gasteiger partial charge in [0.05, 0.1) is 18.3 Å². The maximum Gasteiger partial charge on any atom is 0.240 e. The van der Waals surface area contributed by atoms with Gasteiger partial charge in [0.1, 0.15) is 12.3 Å². The normalized spacial score (nSPS) is 10.4. The number of pyridine rings is 1. The molecule has 0 unspecified atom stereocenters. The summed E-state index contributed by atoms with van der Waals surface area (Å²) in [6, 6.07) is 16.8. The molecule has 2 amide bonds. The number of nitrogens with one attached hydrogen (secondary N) is 1. The molecule has 3 aromatic rings. The Balaban J connectivity index is 1.76. The lowest BCUT2D eigenvalue weighted by Crippen LogP contribution is -2.39. The monoisotopic (exact) mass is 363 g/mol. The number of methoxy groups -OCH3 is 1. The molecule has 0 aliphatic carbocycles. The van der Waals surface area contributed by atoms with Crippen molar-refractivity contribution in [2.24, 2.45) is 0 Å². The number of ether oxygens (including phenoxy) is 1. The van der Waals surface area contributed by atoms with Crippen molar-refractivity contribution in [2.75, 3.05) is 18.6 Å². The molecule has 0 aliphatic heterocycles. The molecule has 0 fully saturated rings. The number of hydrogen-bond acceptors (Lipinski definition) is 4. The topological polar surface area (TPSA) is 71.5 Å². The third kappa shape index (κ3) is 4.23. The number of fused-ring (bicyclic) bond motifs is 1. The van der Waals surface area contributed by atoms with Gasteiger partial charge in [-0.25, -0.2) is 0 Å². The molecule has 6 heteroatoms. The minimum atomic E-state index is -0.260. The number of rotatable bonds is 6. The molecule has 27 heavy (non-hydrogen) atoms. The summed E-state index contributed by atoms with van der Waals surface area (Å²) in [4.78, 5) is 30.5. The van der Waals surface area contributed by atoms with Crippen LogP contribution in [-0.2, 0) is 16.1 Å². The molecule has 3 rings (SSSR count). The first-order valence-corrected chi connectivity index (χ1v) is 8.60. The average Bonchev–Trinajstić information content (AvgIpc) is 2.70. The lowest BCUT2D eigenvalue weighted by atomic mass is 10.1. The van der Waals surface area contributed by atoms with Crippen LogP contribution in [0.5, 0.6) is 5.75 Å². The number of anilines is 1. The zero-order valence-electron chi connectivity index (χ0n) is 15.3. The summed E-state index contributed by atoms with van der Waals surface area (Å²) in [6.07, 6.45) is 1.67. The highest BCUT2D eigenvalue weighted by atomic mass is 16.5. The van der Waals surface area contributed by atoms with Gasteiger partial charge in [0.25, 0.3) is 0 Å². The van der Waals surface area contributed by atoms with E-state index in [0.29, 0.717) is 23.5 Å². The molecule has 1 N–H and O–H groups in total. The van der Waals surface area contributed by atoms with Crippen molar-refractivity contribution in [1.29, 1.82) is 0 Å². The molecule has 2 aromatic carbocycles. The summed E-state index contributed by atoms with van der Waals surface area (Å²) in [6.45, 7) is 1.68. The number of para-hydroxylation sites is 2. The van der Waals surface area contributed by atoms with Crippen LogP contribution in [0, 0.1) is 0 Å². The summed E-state index contributed by atoms with van der Waals surface area (Å²) in [5.74, 6) is 0.226. The van der Waals surface area contributed by atoms with Crippen molar-refractivity contribution in [3.63, 3.8) is 0 Å². The number of benzene rings is 2. The number of nitrogens with zero attached hydrogens (tertiary/aromatic N) is 2. The van der Waals surface area contributed by atoms with E-state index in [1.807, 2.05) is 48.5 Å². The average molecular weight is 363 g/mol. The van der Waals surface area contributed by atoms with E-state index in [1.165, 1.54) is 11.8 Å². The lowest BCUT2D eigenvalue weighted by Gasteiger charge is -2.22. The number of aromatic nitrogens is 1. The quantitative estimate of drug-likeness (QED) is 0.731. The van der Waals surface area contributed by atoms with Crippen LogP contribution < -0.4 is 15.0 Å². The highest BCUT2D eigenvalue weighted by Gasteiger charge is 2.18. The number of carbonyl (C=O) groups is 2. The fourth-order valence-corrected chi connectivity index (χ4v) is 2.91. The van der Waals surface area contributed by atoms with E-state index < -0.39 is 0 Å². The second-order valence-electron chi connectivity index (χ2n) is 6.05. The van der Waals surface area contributed by atoms with Crippen molar-refractivity contribution in [3.05, 3.63) is 66.4 Å². The molecule has 6 nitrogen and oxygen atoms in total. The molecule has 0 saturated heterocycles. The molecule has 0 aliphatic rings. The van der Waals surface area contributed by atoms with Gasteiger partial charge in [-0.3, -0.25) is 14.6 Å². The summed E-state index contributed by atoms with van der Waals surface area (Å²) < 4.78 is 5.29. The predicted octanol–water partition coefficient (Wildman–Crippen LogP) is 2.91. The Hall–Kier alpha value is -3.41. The Bertz CT molecular complexity index is 966. The Kier molecular flexibility index (Phi) is 5.66. The fourth-order valence-electron chi connectivity index (χ4n) is 2.91. The number of carbonyl (C=O) groups excluding carboxylic acids is 2. The summed E-state index contributed by atoms with van der Waals surface area (Å²) in [5, 5.41) is 3.76. The van der Waals surface area contributed by atoms with Crippen molar-refractivity contribution in [2.45, 2.75) is 13.5 Å². The van der Waals surface area contributed by atoms with Crippen LogP contribution in [0.1, 0.15) is 12.5 Å². The molecule has 1 aromatic heterocycles. The van der Waals surface area contributed by atoms with Gasteiger partial charge in [0.2, 0.25) is 11.8 Å². The van der Waals surface area contributed by atoms with Crippen molar-refractivity contribution < 1.29 is 14.3 Å². The zero-order chi connectivity index (χ0) is 19.2. The minimum Gasteiger partial charge on any atom is -0.496 e. The van der Waals surface area contributed by atoms with Crippen LogP contribution in [0.2, 0.25) is 0 Å². The second kappa shape index (κ2) is 8.31. The zero-order valence-corrected chi connectivity index (χ0v) is 15.3. The number of hydrogen-bond donors (Lipinski definition) is 1. The first kappa shape index (κ1) is 18.4. The van der Waals surface area contributed by atoms with Gasteiger partial charge < -0.3 is 15.0 Å². The maximum absolute atomic E-state index is 12.5. The van der Waals surface area contributed by atoms with Gasteiger partial charge in [-0.2, -0.15) is 0 Å². The van der Waals surface area contributed by atoms with E-state index in [9.17, 15) is 9.59 Å². The summed E-state index contributed by atoms with van der Waals surface area (Å²) in [5.41, 5.74) is 2.18. The van der Waals surface area contributed by atoms with Crippen molar-refractivity contribution >= 4 is 28.4 Å². The molecular weight excluding hydrogens is 342 g/mol. The SMILES string of the molecule is COc1ccccc1CNC(=O)CN(C(C)=O)c1cccc2cccnc12. The Morgan fingerprint density at radius 1 is 1.07 bits per heavy atom. The van der Waals surface area contributed by atoms with Crippen LogP contribution in [0.25, 0.3) is 10.9 Å². The second-order valence-corrected chi connectivity index (χ2v) is 6.05. The minimum absolute atomic E-state index is 0.0832. The van der Waals surface area contributed by atoms with Gasteiger partial charge in [-0.1, -0.05) is 36.4 Å². The molecule has 0 radical (unpaired) electrons. The van der Waals surface area contributed by atoms with Crippen LogP contribution in [0.3, 0.4) is 0 Å². The molecule has 0 atom stereocenters. The van der Waals surface area contributed by atoms with Gasteiger partial charge in [-0.15, -0.1) is 0 Å². The van der Waals surface area contributed by atoms with E-state index in [2.05, 4.69) is 10.3 Å². The fraction of sp³-hybridized carbons (Fsp3) is 0.190. The lowest BCUT2D eigenvalue weighted by molar-refractivity contribution is -0.123. The number of amides is 2. The molecular formula is C21H21N3O3. The van der Waals surface area contributed by atoms with Crippen LogP contribution in [-0.4, -0.2) is 30.5 Å². The molecule has 1 heterocycles. The first-order chi connectivity index (χ1) is 13.1. The van der Waals surface area contributed by atoms with Gasteiger partial charge in [0.15, 0.2) is 0 Å². The van der Waals surface area contributed by atoms with Crippen LogP contribution in [0.4, 0.5) is 5.69 Å². The van der Waals surface area contributed by atoms with Gasteiger partial charge in [-0.05, 0) is 18.2 Å². The van der Waals surface area contributed by atoms with Crippen molar-refractivity contribution in [1.82, 2.24) is 10.3 Å². The smallest absolute Gasteiger partial charge is 0.240 e. The maximum atomic E-state index is 12.5. The van der Waals surface area contributed by atoms with E-state index in [4.69, 9.17) is 4.74 Å². The Labute approximate surface area is 157 Å². The van der Waals surface area contributed by atoms with Gasteiger partial charge >= 0.3 is 0 Å². The third-order valence-corrected chi connectivity index (χ3v) is 4.25. The third-order valence-electron chi connectivity index (χ3n) is 4.25. The summed E-state index contributed by atoms with van der Waals surface area (Å²) in [7, 11) is 1.59. The van der Waals surface area contributed by atoms with E-state index in [1.54, 1.807) is 19.4 Å². The highest BCUT2D eigenvalue weighted by molar-refractivity contribution is 6.04. The van der Waals surface area contributed by atoms with Crippen LogP contribution >= 0.6 is 0 Å². The highest BCUT2D eigenvalue weighted by Crippen LogP contribution is 2.25.